The highest BCUT2D eigenvalue weighted by Gasteiger charge is 2.36. The van der Waals surface area contributed by atoms with Crippen LogP contribution in [0.3, 0.4) is 0 Å². The minimum atomic E-state index is -0.209. The molecule has 1 aliphatic carbocycles. The zero-order valence-corrected chi connectivity index (χ0v) is 4.99. The molecule has 1 aliphatic rings. The Morgan fingerprint density at radius 1 is 1.50 bits per heavy atom. The van der Waals surface area contributed by atoms with Crippen molar-refractivity contribution in [3.05, 3.63) is 0 Å². The molecule has 1 saturated carbocycles. The van der Waals surface area contributed by atoms with Gasteiger partial charge in [0, 0.05) is 5.54 Å². The van der Waals surface area contributed by atoms with Crippen LogP contribution in [-0.2, 0) is 0 Å². The molecular formula is C6H12FN. The van der Waals surface area contributed by atoms with Crippen LogP contribution in [0.2, 0.25) is 0 Å². The van der Waals surface area contributed by atoms with E-state index in [0.29, 0.717) is 6.42 Å². The van der Waals surface area contributed by atoms with Crippen LogP contribution in [0.15, 0.2) is 0 Å². The van der Waals surface area contributed by atoms with Crippen LogP contribution < -0.4 is 5.73 Å². The summed E-state index contributed by atoms with van der Waals surface area (Å²) in [4.78, 5) is 0. The van der Waals surface area contributed by atoms with E-state index in [1.165, 1.54) is 0 Å². The molecule has 1 rings (SSSR count). The molecule has 0 aromatic carbocycles. The molecule has 0 aromatic heterocycles. The van der Waals surface area contributed by atoms with Crippen LogP contribution in [-0.4, -0.2) is 12.2 Å². The first-order chi connectivity index (χ1) is 3.77. The Morgan fingerprint density at radius 2 is 2.12 bits per heavy atom. The highest BCUT2D eigenvalue weighted by Crippen LogP contribution is 2.36. The van der Waals surface area contributed by atoms with Gasteiger partial charge in [0.2, 0.25) is 0 Å². The number of rotatable bonds is 3. The molecule has 8 heavy (non-hydrogen) atoms. The summed E-state index contributed by atoms with van der Waals surface area (Å²) in [5.74, 6) is 0. The Balaban J connectivity index is 2.01. The lowest BCUT2D eigenvalue weighted by Gasteiger charge is -2.03. The van der Waals surface area contributed by atoms with E-state index < -0.39 is 0 Å². The summed E-state index contributed by atoms with van der Waals surface area (Å²) in [5, 5.41) is 0. The first kappa shape index (κ1) is 6.02. The number of halogens is 1. The summed E-state index contributed by atoms with van der Waals surface area (Å²) in [6.45, 7) is -0.209. The quantitative estimate of drug-likeness (QED) is 0.591. The second-order valence-electron chi connectivity index (χ2n) is 2.65. The summed E-state index contributed by atoms with van der Waals surface area (Å²) >= 11 is 0. The van der Waals surface area contributed by atoms with Crippen molar-refractivity contribution < 1.29 is 4.39 Å². The molecule has 0 amide bonds. The third-order valence-electron chi connectivity index (χ3n) is 1.70. The van der Waals surface area contributed by atoms with E-state index in [1.54, 1.807) is 0 Å². The molecule has 0 saturated heterocycles. The van der Waals surface area contributed by atoms with E-state index in [9.17, 15) is 4.39 Å². The molecule has 1 nitrogen and oxygen atoms in total. The number of hydrogen-bond acceptors (Lipinski definition) is 1. The van der Waals surface area contributed by atoms with E-state index in [4.69, 9.17) is 5.73 Å². The molecule has 1 fully saturated rings. The third-order valence-corrected chi connectivity index (χ3v) is 1.70. The van der Waals surface area contributed by atoms with Crippen molar-refractivity contribution in [2.75, 3.05) is 6.67 Å². The molecule has 0 unspecified atom stereocenters. The summed E-state index contributed by atoms with van der Waals surface area (Å²) in [7, 11) is 0. The monoisotopic (exact) mass is 117 g/mol. The zero-order chi connectivity index (χ0) is 6.04. The minimum absolute atomic E-state index is 0.0616. The van der Waals surface area contributed by atoms with Crippen molar-refractivity contribution in [2.24, 2.45) is 5.73 Å². The Bertz CT molecular complexity index is 78.6. The smallest absolute Gasteiger partial charge is 0.0895 e. The van der Waals surface area contributed by atoms with Gasteiger partial charge in [-0.05, 0) is 25.7 Å². The third kappa shape index (κ3) is 1.44. The van der Waals surface area contributed by atoms with E-state index in [0.717, 1.165) is 19.3 Å². The largest absolute Gasteiger partial charge is 0.325 e. The van der Waals surface area contributed by atoms with Gasteiger partial charge >= 0.3 is 0 Å². The standard InChI is InChI=1S/C6H12FN/c7-5-1-2-6(8)3-4-6/h1-5,8H2. The predicted molar refractivity (Wildman–Crippen MR) is 31.4 cm³/mol. The van der Waals surface area contributed by atoms with Crippen molar-refractivity contribution in [2.45, 2.75) is 31.2 Å². The molecule has 0 aliphatic heterocycles. The lowest BCUT2D eigenvalue weighted by Crippen LogP contribution is -2.21. The first-order valence-electron chi connectivity index (χ1n) is 3.12. The molecule has 0 bridgehead atoms. The Hall–Kier alpha value is -0.110. The molecule has 0 spiro atoms. The van der Waals surface area contributed by atoms with Gasteiger partial charge < -0.3 is 5.73 Å². The average molecular weight is 117 g/mol. The zero-order valence-electron chi connectivity index (χ0n) is 4.99. The SMILES string of the molecule is NC1(CCCF)CC1. The highest BCUT2D eigenvalue weighted by molar-refractivity contribution is 4.97. The summed E-state index contributed by atoms with van der Waals surface area (Å²) in [6, 6.07) is 0. The Kier molecular flexibility index (Phi) is 1.52. The highest BCUT2D eigenvalue weighted by atomic mass is 19.1. The fourth-order valence-electron chi connectivity index (χ4n) is 0.829. The van der Waals surface area contributed by atoms with Crippen LogP contribution in [0.4, 0.5) is 4.39 Å². The molecule has 2 heteroatoms. The van der Waals surface area contributed by atoms with Gasteiger partial charge in [0.1, 0.15) is 0 Å². The average Bonchev–Trinajstić information content (AvgIpc) is 2.45. The van der Waals surface area contributed by atoms with Gasteiger partial charge in [-0.15, -0.1) is 0 Å². The molecule has 2 N–H and O–H groups in total. The number of nitrogens with two attached hydrogens (primary N) is 1. The van der Waals surface area contributed by atoms with Gasteiger partial charge in [-0.1, -0.05) is 0 Å². The fourth-order valence-corrected chi connectivity index (χ4v) is 0.829. The maximum absolute atomic E-state index is 11.5. The van der Waals surface area contributed by atoms with Crippen molar-refractivity contribution in [3.63, 3.8) is 0 Å². The molecule has 0 heterocycles. The minimum Gasteiger partial charge on any atom is -0.325 e. The fraction of sp³-hybridized carbons (Fsp3) is 1.00. The van der Waals surface area contributed by atoms with Gasteiger partial charge in [0.25, 0.3) is 0 Å². The lowest BCUT2D eigenvalue weighted by molar-refractivity contribution is 0.436. The molecule has 0 atom stereocenters. The van der Waals surface area contributed by atoms with Crippen molar-refractivity contribution in [3.8, 4) is 0 Å². The van der Waals surface area contributed by atoms with Crippen molar-refractivity contribution in [1.29, 1.82) is 0 Å². The Morgan fingerprint density at radius 3 is 2.50 bits per heavy atom. The van der Waals surface area contributed by atoms with Gasteiger partial charge in [-0.25, -0.2) is 0 Å². The summed E-state index contributed by atoms with van der Waals surface area (Å²) < 4.78 is 11.5. The maximum atomic E-state index is 11.5. The number of hydrogen-bond donors (Lipinski definition) is 1. The van der Waals surface area contributed by atoms with Gasteiger partial charge in [0.15, 0.2) is 0 Å². The van der Waals surface area contributed by atoms with Gasteiger partial charge in [-0.3, -0.25) is 4.39 Å². The Labute approximate surface area is 49.1 Å². The number of alkyl halides is 1. The van der Waals surface area contributed by atoms with Crippen LogP contribution in [0, 0.1) is 0 Å². The van der Waals surface area contributed by atoms with E-state index in [2.05, 4.69) is 0 Å². The van der Waals surface area contributed by atoms with Crippen molar-refractivity contribution in [1.82, 2.24) is 0 Å². The predicted octanol–water partition coefficient (Wildman–Crippen LogP) is 1.23. The van der Waals surface area contributed by atoms with Gasteiger partial charge in [0.05, 0.1) is 6.67 Å². The van der Waals surface area contributed by atoms with Gasteiger partial charge in [-0.2, -0.15) is 0 Å². The van der Waals surface area contributed by atoms with Crippen molar-refractivity contribution >= 4 is 0 Å². The molecule has 0 radical (unpaired) electrons. The second-order valence-corrected chi connectivity index (χ2v) is 2.65. The van der Waals surface area contributed by atoms with E-state index >= 15 is 0 Å². The summed E-state index contributed by atoms with van der Waals surface area (Å²) in [6.07, 6.45) is 3.74. The van der Waals surface area contributed by atoms with E-state index in [1.807, 2.05) is 0 Å². The van der Waals surface area contributed by atoms with Crippen LogP contribution in [0.25, 0.3) is 0 Å². The molecule has 0 aromatic rings. The first-order valence-corrected chi connectivity index (χ1v) is 3.12. The normalized spacial score (nSPS) is 23.2. The topological polar surface area (TPSA) is 26.0 Å². The summed E-state index contributed by atoms with van der Waals surface area (Å²) in [5.41, 5.74) is 5.73. The molecule has 48 valence electrons. The molecular weight excluding hydrogens is 105 g/mol. The van der Waals surface area contributed by atoms with E-state index in [-0.39, 0.29) is 12.2 Å². The van der Waals surface area contributed by atoms with Crippen LogP contribution in [0.5, 0.6) is 0 Å². The lowest BCUT2D eigenvalue weighted by atomic mass is 10.1. The maximum Gasteiger partial charge on any atom is 0.0895 e. The second kappa shape index (κ2) is 2.02. The van der Waals surface area contributed by atoms with Crippen LogP contribution in [0.1, 0.15) is 25.7 Å². The van der Waals surface area contributed by atoms with Crippen LogP contribution >= 0.6 is 0 Å².